The third kappa shape index (κ3) is 4.10. The first kappa shape index (κ1) is 19.6. The molecule has 1 saturated heterocycles. The van der Waals surface area contributed by atoms with Crippen LogP contribution in [0.15, 0.2) is 10.6 Å². The van der Waals surface area contributed by atoms with Gasteiger partial charge >= 0.3 is 5.97 Å². The Morgan fingerprint density at radius 3 is 2.19 bits per heavy atom. The van der Waals surface area contributed by atoms with E-state index in [0.29, 0.717) is 6.61 Å². The average Bonchev–Trinajstić information content (AvgIpc) is 3.37. The highest BCUT2D eigenvalue weighted by Gasteiger charge is 2.30. The molecule has 0 aliphatic carbocycles. The lowest BCUT2D eigenvalue weighted by Gasteiger charge is -2.07. The molecule has 0 N–H and O–H groups in total. The summed E-state index contributed by atoms with van der Waals surface area (Å²) in [6.07, 6.45) is -0.106. The number of hydrogen-bond acceptors (Lipinski definition) is 6. The first-order valence-electron chi connectivity index (χ1n) is 7.33. The van der Waals surface area contributed by atoms with Gasteiger partial charge in [-0.3, -0.25) is 0 Å². The van der Waals surface area contributed by atoms with Crippen LogP contribution in [0.4, 0.5) is 22.0 Å². The van der Waals surface area contributed by atoms with Crippen LogP contribution in [0.1, 0.15) is 24.4 Å². The van der Waals surface area contributed by atoms with Gasteiger partial charge in [-0.1, -0.05) is 13.8 Å². The van der Waals surface area contributed by atoms with Gasteiger partial charge < -0.3 is 18.7 Å². The van der Waals surface area contributed by atoms with Crippen molar-refractivity contribution in [3.8, 4) is 11.6 Å². The average molecular weight is 381 g/mol. The summed E-state index contributed by atoms with van der Waals surface area (Å²) >= 11 is 0. The Hall–Kier alpha value is -2.69. The molecule has 0 radical (unpaired) electrons. The van der Waals surface area contributed by atoms with Gasteiger partial charge in [0.25, 0.3) is 5.88 Å². The molecule has 26 heavy (non-hydrogen) atoms. The van der Waals surface area contributed by atoms with E-state index in [9.17, 15) is 26.7 Å². The van der Waals surface area contributed by atoms with Crippen molar-refractivity contribution < 1.29 is 45.5 Å². The molecule has 0 unspecified atom stereocenters. The summed E-state index contributed by atoms with van der Waals surface area (Å²) in [4.78, 5) is 11.7. The van der Waals surface area contributed by atoms with E-state index in [0.717, 1.165) is 6.07 Å². The first-order valence-corrected chi connectivity index (χ1v) is 7.33. The lowest BCUT2D eigenvalue weighted by atomic mass is 10.2. The molecule has 1 atom stereocenters. The van der Waals surface area contributed by atoms with Crippen LogP contribution in [0.3, 0.4) is 0 Å². The van der Waals surface area contributed by atoms with Crippen molar-refractivity contribution >= 4 is 5.97 Å². The number of benzene rings is 1. The van der Waals surface area contributed by atoms with Crippen molar-refractivity contribution in [3.63, 3.8) is 0 Å². The fraction of sp³-hybridized carbons (Fsp3) is 0.333. The van der Waals surface area contributed by atoms with E-state index in [-0.39, 0.29) is 18.6 Å². The number of epoxide rings is 1. The van der Waals surface area contributed by atoms with Crippen molar-refractivity contribution in [2.45, 2.75) is 20.0 Å². The monoisotopic (exact) mass is 381 g/mol. The normalized spacial score (nSPS) is 15.1. The molecule has 0 saturated carbocycles. The highest BCUT2D eigenvalue weighted by atomic mass is 19.2. The zero-order valence-electron chi connectivity index (χ0n) is 13.4. The smallest absolute Gasteiger partial charge is 0.382 e. The van der Waals surface area contributed by atoms with Gasteiger partial charge in [-0.15, -0.1) is 0 Å². The number of halogens is 5. The molecule has 0 spiro atoms. The van der Waals surface area contributed by atoms with Crippen LogP contribution in [0.25, 0.3) is 0 Å². The molecule has 142 valence electrons. The molecule has 2 aromatic rings. The molecule has 1 aromatic carbocycles. The van der Waals surface area contributed by atoms with Crippen LogP contribution in [0, 0.1) is 29.1 Å². The predicted molar refractivity (Wildman–Crippen MR) is 74.3 cm³/mol. The predicted octanol–water partition coefficient (Wildman–Crippen LogP) is 3.39. The Morgan fingerprint density at radius 1 is 1.12 bits per heavy atom. The second-order valence-electron chi connectivity index (χ2n) is 4.58. The largest absolute Gasteiger partial charge is 0.473 e. The van der Waals surface area contributed by atoms with Gasteiger partial charge in [0.15, 0.2) is 0 Å². The van der Waals surface area contributed by atoms with Crippen molar-refractivity contribution in [3.05, 3.63) is 40.9 Å². The fourth-order valence-electron chi connectivity index (χ4n) is 1.58. The van der Waals surface area contributed by atoms with E-state index < -0.39 is 46.6 Å². The fourth-order valence-corrected chi connectivity index (χ4v) is 1.58. The summed E-state index contributed by atoms with van der Waals surface area (Å²) in [6, 6.07) is 0.927. The maximum Gasteiger partial charge on any atom is 0.382 e. The molecule has 3 rings (SSSR count). The molecule has 1 aromatic heterocycles. The molecular weight excluding hydrogens is 369 g/mol. The minimum atomic E-state index is -2.37. The minimum Gasteiger partial charge on any atom is -0.473 e. The highest BCUT2D eigenvalue weighted by Crippen LogP contribution is 2.30. The molecule has 0 amide bonds. The molecule has 0 bridgehead atoms. The number of carbonyl (C=O) groups excluding carboxylic acids is 1. The Labute approximate surface area is 143 Å². The van der Waals surface area contributed by atoms with Crippen LogP contribution in [-0.4, -0.2) is 30.4 Å². The van der Waals surface area contributed by atoms with Crippen LogP contribution in [0.5, 0.6) is 11.6 Å². The quantitative estimate of drug-likeness (QED) is 0.197. The van der Waals surface area contributed by atoms with E-state index in [2.05, 4.69) is 14.4 Å². The van der Waals surface area contributed by atoms with Crippen LogP contribution >= 0.6 is 0 Å². The summed E-state index contributed by atoms with van der Waals surface area (Å²) in [7, 11) is 0. The van der Waals surface area contributed by atoms with Gasteiger partial charge in [-0.05, 0) is 5.16 Å². The van der Waals surface area contributed by atoms with Crippen LogP contribution in [0.2, 0.25) is 0 Å². The highest BCUT2D eigenvalue weighted by molar-refractivity contribution is 5.88. The molecule has 11 heteroatoms. The number of hydrogen-bond donors (Lipinski definition) is 0. The van der Waals surface area contributed by atoms with Gasteiger partial charge in [0, 0.05) is 0 Å². The van der Waals surface area contributed by atoms with E-state index in [1.54, 1.807) is 0 Å². The number of carbonyl (C=O) groups is 1. The van der Waals surface area contributed by atoms with Crippen LogP contribution < -0.4 is 9.47 Å². The second-order valence-corrected chi connectivity index (χ2v) is 4.58. The molecule has 1 aliphatic rings. The van der Waals surface area contributed by atoms with Crippen molar-refractivity contribution in [1.82, 2.24) is 5.16 Å². The van der Waals surface area contributed by atoms with Gasteiger partial charge in [-0.25, -0.2) is 18.0 Å². The second kappa shape index (κ2) is 8.13. The maximum absolute atomic E-state index is 13.4. The SMILES string of the molecule is CC.O=C(Oc1c(F)c(F)c(F)c(F)c1F)c1cc(OC[C@@H]2CO2)no1. The summed E-state index contributed by atoms with van der Waals surface area (Å²) in [5, 5.41) is 3.32. The number of esters is 1. The third-order valence-electron chi connectivity index (χ3n) is 2.87. The zero-order chi connectivity index (χ0) is 19.4. The molecule has 1 aliphatic heterocycles. The number of nitrogens with zero attached hydrogens (tertiary/aromatic N) is 1. The van der Waals surface area contributed by atoms with Gasteiger partial charge in [0.1, 0.15) is 12.7 Å². The Bertz CT molecular complexity index is 777. The van der Waals surface area contributed by atoms with E-state index >= 15 is 0 Å². The summed E-state index contributed by atoms with van der Waals surface area (Å²) in [6.45, 7) is 4.64. The lowest BCUT2D eigenvalue weighted by molar-refractivity contribution is 0.0672. The summed E-state index contributed by atoms with van der Waals surface area (Å²) in [5.74, 6) is -15.5. The summed E-state index contributed by atoms with van der Waals surface area (Å²) < 4.78 is 84.4. The lowest BCUT2D eigenvalue weighted by Crippen LogP contribution is -2.13. The Morgan fingerprint density at radius 2 is 1.65 bits per heavy atom. The Kier molecular flexibility index (Phi) is 6.14. The third-order valence-corrected chi connectivity index (χ3v) is 2.87. The zero-order valence-corrected chi connectivity index (χ0v) is 13.4. The van der Waals surface area contributed by atoms with Gasteiger partial charge in [0.05, 0.1) is 12.7 Å². The number of rotatable bonds is 5. The minimum absolute atomic E-state index is 0.106. The topological polar surface area (TPSA) is 74.1 Å². The molecular formula is C15H12F5NO5. The van der Waals surface area contributed by atoms with Crippen molar-refractivity contribution in [2.75, 3.05) is 13.2 Å². The molecule has 2 heterocycles. The first-order chi connectivity index (χ1) is 12.4. The van der Waals surface area contributed by atoms with Crippen LogP contribution in [-0.2, 0) is 4.74 Å². The van der Waals surface area contributed by atoms with Gasteiger partial charge in [0.2, 0.25) is 40.6 Å². The number of ether oxygens (including phenoxy) is 3. The van der Waals surface area contributed by atoms with E-state index in [4.69, 9.17) is 9.47 Å². The molecule has 6 nitrogen and oxygen atoms in total. The van der Waals surface area contributed by atoms with E-state index in [1.807, 2.05) is 13.8 Å². The Balaban J connectivity index is 0.00000117. The van der Waals surface area contributed by atoms with Crippen molar-refractivity contribution in [2.24, 2.45) is 0 Å². The maximum atomic E-state index is 13.4. The van der Waals surface area contributed by atoms with E-state index in [1.165, 1.54) is 0 Å². The standard InChI is InChI=1S/C13H6F5NO5.C2H6/c14-7-8(15)10(17)12(11(18)9(7)16)23-13(20)5-1-6(19-24-5)22-3-4-2-21-4;1-2/h1,4H,2-3H2;1-2H3/t4-;/m0./s1. The summed E-state index contributed by atoms with van der Waals surface area (Å²) in [5.41, 5.74) is 0. The number of aromatic nitrogens is 1. The molecule has 1 fully saturated rings. The van der Waals surface area contributed by atoms with Crippen molar-refractivity contribution in [1.29, 1.82) is 0 Å². The van der Waals surface area contributed by atoms with Gasteiger partial charge in [-0.2, -0.15) is 8.78 Å².